The minimum absolute atomic E-state index is 0.278. The number of hydrogen-bond donors (Lipinski definition) is 0. The molecular weight excluding hydrogens is 400 g/mol. The van der Waals surface area contributed by atoms with Gasteiger partial charge in [-0.2, -0.15) is 0 Å². The van der Waals surface area contributed by atoms with Crippen LogP contribution in [0.2, 0.25) is 0 Å². The number of halogens is 2. The minimum atomic E-state index is -0.278. The number of Topliss-reactive ketones (excluding diaryl/α,β-unsaturated/α-hetero) is 1. The highest BCUT2D eigenvalue weighted by Gasteiger charge is 2.33. The van der Waals surface area contributed by atoms with Gasteiger partial charge in [-0.15, -0.1) is 0 Å². The van der Waals surface area contributed by atoms with Gasteiger partial charge in [0.2, 0.25) is 0 Å². The van der Waals surface area contributed by atoms with E-state index in [1.165, 1.54) is 25.7 Å². The van der Waals surface area contributed by atoms with Gasteiger partial charge < -0.3 is 9.47 Å². The van der Waals surface area contributed by atoms with Crippen molar-refractivity contribution in [2.24, 2.45) is 0 Å². The molecule has 21 heavy (non-hydrogen) atoms. The van der Waals surface area contributed by atoms with Crippen molar-refractivity contribution in [3.8, 4) is 0 Å². The molecule has 0 saturated heterocycles. The summed E-state index contributed by atoms with van der Waals surface area (Å²) in [6.07, 6.45) is 11.1. The topological polar surface area (TPSA) is 35.5 Å². The van der Waals surface area contributed by atoms with Gasteiger partial charge in [-0.05, 0) is 25.7 Å². The Morgan fingerprint density at radius 1 is 0.810 bits per heavy atom. The maximum absolute atomic E-state index is 10.5. The molecule has 2 saturated carbocycles. The lowest BCUT2D eigenvalue weighted by Crippen LogP contribution is -2.39. The lowest BCUT2D eigenvalue weighted by Gasteiger charge is -2.36. The fraction of sp³-hybridized carbons (Fsp3) is 0.938. The molecule has 2 rings (SSSR count). The fourth-order valence-electron chi connectivity index (χ4n) is 2.82. The Morgan fingerprint density at radius 2 is 1.29 bits per heavy atom. The lowest BCUT2D eigenvalue weighted by molar-refractivity contribution is -0.246. The fourth-order valence-corrected chi connectivity index (χ4v) is 3.14. The van der Waals surface area contributed by atoms with Crippen LogP contribution >= 0.6 is 31.9 Å². The van der Waals surface area contributed by atoms with Crippen molar-refractivity contribution >= 4 is 37.6 Å². The van der Waals surface area contributed by atoms with E-state index in [0.717, 1.165) is 62.4 Å². The highest BCUT2D eigenvalue weighted by atomic mass is 79.9. The van der Waals surface area contributed by atoms with Gasteiger partial charge in [0.25, 0.3) is 0 Å². The quantitative estimate of drug-likeness (QED) is 0.442. The van der Waals surface area contributed by atoms with E-state index in [0.29, 0.717) is 5.78 Å². The molecule has 0 heterocycles. The van der Waals surface area contributed by atoms with Crippen LogP contribution < -0.4 is 0 Å². The van der Waals surface area contributed by atoms with E-state index in [1.807, 2.05) is 0 Å². The summed E-state index contributed by atoms with van der Waals surface area (Å²) in [5.41, 5.74) is 0. The molecule has 0 radical (unpaired) electrons. The summed E-state index contributed by atoms with van der Waals surface area (Å²) in [6.45, 7) is 1.48. The standard InChI is InChI=1S/C10H18Br2O2.C6H10O/c11-6-8-13-10(14-9-7-12)4-2-1-3-5-10;7-6-4-2-1-3-5-6/h1-9H2;1-5H2. The number of hydrogen-bond acceptors (Lipinski definition) is 3. The van der Waals surface area contributed by atoms with Crippen LogP contribution in [0.1, 0.15) is 64.2 Å². The SMILES string of the molecule is BrCCOC1(OCCBr)CCCCC1.O=C1CCCCC1. The third-order valence-corrected chi connectivity index (χ3v) is 4.56. The smallest absolute Gasteiger partial charge is 0.168 e. The van der Waals surface area contributed by atoms with Crippen molar-refractivity contribution in [1.29, 1.82) is 0 Å². The molecular formula is C16H28Br2O3. The molecule has 0 amide bonds. The van der Waals surface area contributed by atoms with Crippen molar-refractivity contribution < 1.29 is 14.3 Å². The van der Waals surface area contributed by atoms with E-state index in [1.54, 1.807) is 0 Å². The van der Waals surface area contributed by atoms with E-state index in [4.69, 9.17) is 9.47 Å². The first-order valence-electron chi connectivity index (χ1n) is 8.14. The largest absolute Gasteiger partial charge is 0.349 e. The summed E-state index contributed by atoms with van der Waals surface area (Å²) >= 11 is 6.76. The first-order chi connectivity index (χ1) is 10.2. The molecule has 0 aliphatic heterocycles. The number of carbonyl (C=O) groups is 1. The first kappa shape index (κ1) is 19.6. The van der Waals surface area contributed by atoms with Crippen LogP contribution in [0, 0.1) is 0 Å². The Hall–Kier alpha value is 0.550. The second-order valence-corrected chi connectivity index (χ2v) is 7.23. The lowest BCUT2D eigenvalue weighted by atomic mass is 9.94. The molecule has 0 spiro atoms. The van der Waals surface area contributed by atoms with E-state index in [9.17, 15) is 4.79 Å². The predicted molar refractivity (Wildman–Crippen MR) is 93.4 cm³/mol. The van der Waals surface area contributed by atoms with E-state index < -0.39 is 0 Å². The maximum Gasteiger partial charge on any atom is 0.168 e. The molecule has 0 unspecified atom stereocenters. The number of rotatable bonds is 6. The third-order valence-electron chi connectivity index (χ3n) is 3.91. The van der Waals surface area contributed by atoms with E-state index >= 15 is 0 Å². The zero-order valence-electron chi connectivity index (χ0n) is 12.9. The van der Waals surface area contributed by atoms with Gasteiger partial charge in [0.15, 0.2) is 5.79 Å². The van der Waals surface area contributed by atoms with E-state index in [-0.39, 0.29) is 5.79 Å². The first-order valence-corrected chi connectivity index (χ1v) is 10.4. The maximum atomic E-state index is 10.5. The van der Waals surface area contributed by atoms with Gasteiger partial charge in [0.05, 0.1) is 13.2 Å². The second kappa shape index (κ2) is 12.0. The monoisotopic (exact) mass is 426 g/mol. The molecule has 2 aliphatic rings. The highest BCUT2D eigenvalue weighted by Crippen LogP contribution is 2.32. The predicted octanol–water partition coefficient (Wildman–Crippen LogP) is 4.99. The Balaban J connectivity index is 0.000000262. The van der Waals surface area contributed by atoms with Gasteiger partial charge in [0.1, 0.15) is 5.78 Å². The summed E-state index contributed by atoms with van der Waals surface area (Å²) in [5.74, 6) is 0.186. The molecule has 0 aromatic rings. The minimum Gasteiger partial charge on any atom is -0.349 e. The average molecular weight is 428 g/mol. The molecule has 2 fully saturated rings. The molecule has 0 N–H and O–H groups in total. The molecule has 5 heteroatoms. The summed E-state index contributed by atoms with van der Waals surface area (Å²) < 4.78 is 11.7. The third kappa shape index (κ3) is 8.68. The van der Waals surface area contributed by atoms with E-state index in [2.05, 4.69) is 31.9 Å². The van der Waals surface area contributed by atoms with Gasteiger partial charge in [-0.1, -0.05) is 44.7 Å². The molecule has 0 atom stereocenters. The van der Waals surface area contributed by atoms with Crippen LogP contribution in [-0.2, 0) is 14.3 Å². The molecule has 0 aromatic carbocycles. The van der Waals surface area contributed by atoms with Gasteiger partial charge in [-0.3, -0.25) is 4.79 Å². The Labute approximate surface area is 145 Å². The van der Waals surface area contributed by atoms with Crippen molar-refractivity contribution in [1.82, 2.24) is 0 Å². The molecule has 0 bridgehead atoms. The van der Waals surface area contributed by atoms with Crippen molar-refractivity contribution in [2.75, 3.05) is 23.9 Å². The Morgan fingerprint density at radius 3 is 1.67 bits per heavy atom. The van der Waals surface area contributed by atoms with Crippen molar-refractivity contribution in [3.63, 3.8) is 0 Å². The molecule has 3 nitrogen and oxygen atoms in total. The van der Waals surface area contributed by atoms with Crippen LogP contribution in [-0.4, -0.2) is 35.4 Å². The second-order valence-electron chi connectivity index (χ2n) is 5.65. The number of carbonyl (C=O) groups excluding carboxylic acids is 1. The van der Waals surface area contributed by atoms with Crippen LogP contribution in [0.5, 0.6) is 0 Å². The molecule has 124 valence electrons. The van der Waals surface area contributed by atoms with Crippen LogP contribution in [0.25, 0.3) is 0 Å². The van der Waals surface area contributed by atoms with Gasteiger partial charge in [0, 0.05) is 36.3 Å². The number of ketones is 1. The van der Waals surface area contributed by atoms with Gasteiger partial charge >= 0.3 is 0 Å². The van der Waals surface area contributed by atoms with Crippen LogP contribution in [0.4, 0.5) is 0 Å². The zero-order chi connectivity index (χ0) is 15.4. The Bertz CT molecular complexity index is 261. The van der Waals surface area contributed by atoms with Gasteiger partial charge in [-0.25, -0.2) is 0 Å². The highest BCUT2D eigenvalue weighted by molar-refractivity contribution is 9.09. The number of ether oxygens (including phenoxy) is 2. The normalized spacial score (nSPS) is 21.5. The Kier molecular flexibility index (Phi) is 11.2. The molecule has 0 aromatic heterocycles. The van der Waals surface area contributed by atoms with Crippen LogP contribution in [0.3, 0.4) is 0 Å². The number of alkyl halides is 2. The summed E-state index contributed by atoms with van der Waals surface area (Å²) in [4.78, 5) is 10.5. The summed E-state index contributed by atoms with van der Waals surface area (Å²) in [7, 11) is 0. The van der Waals surface area contributed by atoms with Crippen LogP contribution in [0.15, 0.2) is 0 Å². The zero-order valence-corrected chi connectivity index (χ0v) is 16.1. The van der Waals surface area contributed by atoms with Crippen molar-refractivity contribution in [2.45, 2.75) is 70.0 Å². The summed E-state index contributed by atoms with van der Waals surface area (Å²) in [6, 6.07) is 0. The van der Waals surface area contributed by atoms with Crippen molar-refractivity contribution in [3.05, 3.63) is 0 Å². The average Bonchev–Trinajstić information content (AvgIpc) is 2.53. The molecule has 2 aliphatic carbocycles. The summed E-state index contributed by atoms with van der Waals surface area (Å²) in [5, 5.41) is 1.76.